The fraction of sp³-hybridized carbons (Fsp3) is 0.406. The van der Waals surface area contributed by atoms with Crippen molar-refractivity contribution in [1.82, 2.24) is 10.3 Å². The van der Waals surface area contributed by atoms with Crippen molar-refractivity contribution in [3.05, 3.63) is 89.7 Å². The summed E-state index contributed by atoms with van der Waals surface area (Å²) in [5.41, 5.74) is 2.30. The third-order valence-electron chi connectivity index (χ3n) is 7.53. The minimum absolute atomic E-state index is 0.0391. The van der Waals surface area contributed by atoms with E-state index in [0.717, 1.165) is 32.1 Å². The number of esters is 1. The molecule has 0 unspecified atom stereocenters. The van der Waals surface area contributed by atoms with E-state index in [4.69, 9.17) is 14.2 Å². The number of methoxy groups -OCH3 is 1. The molecule has 1 aliphatic heterocycles. The third kappa shape index (κ3) is 7.82. The summed E-state index contributed by atoms with van der Waals surface area (Å²) < 4.78 is 17.1. The largest absolute Gasteiger partial charge is 0.503 e. The Morgan fingerprint density at radius 2 is 1.68 bits per heavy atom. The van der Waals surface area contributed by atoms with E-state index in [-0.39, 0.29) is 36.0 Å². The van der Waals surface area contributed by atoms with E-state index < -0.39 is 23.7 Å². The number of pyridine rings is 1. The van der Waals surface area contributed by atoms with E-state index in [0.29, 0.717) is 6.61 Å². The van der Waals surface area contributed by atoms with Gasteiger partial charge in [-0.1, -0.05) is 60.7 Å². The van der Waals surface area contributed by atoms with E-state index in [9.17, 15) is 14.7 Å². The lowest BCUT2D eigenvalue weighted by molar-refractivity contribution is -0.154. The van der Waals surface area contributed by atoms with Gasteiger partial charge in [-0.3, -0.25) is 4.79 Å². The molecule has 1 amide bonds. The maximum absolute atomic E-state index is 13.2. The number of nitrogens with zero attached hydrogens (tertiary/aromatic N) is 1. The van der Waals surface area contributed by atoms with Crippen molar-refractivity contribution in [2.75, 3.05) is 20.3 Å². The van der Waals surface area contributed by atoms with Gasteiger partial charge in [-0.15, -0.1) is 0 Å². The Bertz CT molecular complexity index is 1240. The fourth-order valence-electron chi connectivity index (χ4n) is 5.32. The van der Waals surface area contributed by atoms with Crippen LogP contribution < -0.4 is 10.1 Å². The van der Waals surface area contributed by atoms with E-state index in [1.54, 1.807) is 0 Å². The number of aromatic nitrogens is 1. The number of amides is 1. The number of hydrogen-bond acceptors (Lipinski definition) is 7. The van der Waals surface area contributed by atoms with Crippen LogP contribution in [0.25, 0.3) is 0 Å². The second-order valence-electron chi connectivity index (χ2n) is 10.2. The summed E-state index contributed by atoms with van der Waals surface area (Å²) in [6.07, 6.45) is 5.57. The van der Waals surface area contributed by atoms with Crippen LogP contribution in [0.15, 0.2) is 72.9 Å². The summed E-state index contributed by atoms with van der Waals surface area (Å²) in [6, 6.07) is 21.1. The summed E-state index contributed by atoms with van der Waals surface area (Å²) in [5, 5.41) is 13.0. The average Bonchev–Trinajstić information content (AvgIpc) is 3.01. The molecule has 2 aromatic carbocycles. The second kappa shape index (κ2) is 14.5. The molecule has 8 nitrogen and oxygen atoms in total. The Morgan fingerprint density at radius 3 is 2.35 bits per heavy atom. The number of cyclic esters (lactones) is 1. The van der Waals surface area contributed by atoms with Crippen LogP contribution >= 0.6 is 0 Å². The summed E-state index contributed by atoms with van der Waals surface area (Å²) in [7, 11) is 1.38. The van der Waals surface area contributed by atoms with Crippen molar-refractivity contribution in [2.24, 2.45) is 11.8 Å². The van der Waals surface area contributed by atoms with Gasteiger partial charge in [0.2, 0.25) is 0 Å². The van der Waals surface area contributed by atoms with Gasteiger partial charge in [0.15, 0.2) is 23.2 Å². The standard InChI is InChI=1S/C32H38N2O6/c1-22-26(17-16-24-12-7-4-8-13-24)25(15-9-14-23-10-5-3-6-11-23)20-39-21-27(32(37)40-22)34-31(36)29-30(35)28(38-2)18-19-33-29/h3-8,10-13,18-19,22,25-27,35H,9,14-17,20-21H2,1-2H3,(H,34,36)/t22-,25-,26-,27-/m0/s1. The number of carbonyl (C=O) groups excluding carboxylic acids is 2. The zero-order valence-corrected chi connectivity index (χ0v) is 23.1. The van der Waals surface area contributed by atoms with E-state index in [1.165, 1.54) is 30.5 Å². The molecule has 2 heterocycles. The van der Waals surface area contributed by atoms with Crippen molar-refractivity contribution in [1.29, 1.82) is 0 Å². The number of rotatable bonds is 10. The van der Waals surface area contributed by atoms with E-state index >= 15 is 0 Å². The maximum Gasteiger partial charge on any atom is 0.331 e. The molecule has 0 bridgehead atoms. The van der Waals surface area contributed by atoms with Gasteiger partial charge in [0.05, 0.1) is 13.7 Å². The van der Waals surface area contributed by atoms with Gasteiger partial charge in [-0.05, 0) is 56.1 Å². The smallest absolute Gasteiger partial charge is 0.331 e. The molecule has 0 radical (unpaired) electrons. The Balaban J connectivity index is 1.47. The molecule has 212 valence electrons. The molecule has 1 saturated heterocycles. The van der Waals surface area contributed by atoms with Crippen LogP contribution in [0, 0.1) is 11.8 Å². The molecule has 8 heteroatoms. The normalized spacial score (nSPS) is 21.4. The first-order valence-electron chi connectivity index (χ1n) is 13.8. The van der Waals surface area contributed by atoms with Gasteiger partial charge < -0.3 is 24.6 Å². The SMILES string of the molecule is COc1ccnc(C(=O)N[C@H]2COC[C@H](CCCc3ccccc3)[C@@H](CCc3ccccc3)[C@H](C)OC2=O)c1O. The maximum atomic E-state index is 13.2. The number of aromatic hydroxyl groups is 1. The summed E-state index contributed by atoms with van der Waals surface area (Å²) in [6.45, 7) is 2.34. The molecule has 1 aliphatic rings. The van der Waals surface area contributed by atoms with Crippen LogP contribution in [0.3, 0.4) is 0 Å². The van der Waals surface area contributed by atoms with Crippen LogP contribution in [0.2, 0.25) is 0 Å². The fourth-order valence-corrected chi connectivity index (χ4v) is 5.32. The zero-order valence-electron chi connectivity index (χ0n) is 23.1. The Hall–Kier alpha value is -3.91. The molecule has 4 atom stereocenters. The number of ether oxygens (including phenoxy) is 3. The van der Waals surface area contributed by atoms with Gasteiger partial charge in [0.1, 0.15) is 6.10 Å². The monoisotopic (exact) mass is 546 g/mol. The van der Waals surface area contributed by atoms with E-state index in [2.05, 4.69) is 46.7 Å². The lowest BCUT2D eigenvalue weighted by Gasteiger charge is -2.31. The predicted octanol–water partition coefficient (Wildman–Crippen LogP) is 4.74. The third-order valence-corrected chi connectivity index (χ3v) is 7.53. The first-order valence-corrected chi connectivity index (χ1v) is 13.8. The Labute approximate surface area is 235 Å². The number of carbonyl (C=O) groups is 2. The number of nitrogens with one attached hydrogen (secondary N) is 1. The molecule has 40 heavy (non-hydrogen) atoms. The van der Waals surface area contributed by atoms with Crippen molar-refractivity contribution < 1.29 is 28.9 Å². The predicted molar refractivity (Wildman–Crippen MR) is 151 cm³/mol. The molecular formula is C32H38N2O6. The molecule has 0 aliphatic carbocycles. The highest BCUT2D eigenvalue weighted by Gasteiger charge is 2.35. The van der Waals surface area contributed by atoms with Crippen molar-refractivity contribution in [2.45, 2.75) is 51.2 Å². The van der Waals surface area contributed by atoms with Gasteiger partial charge in [-0.25, -0.2) is 9.78 Å². The van der Waals surface area contributed by atoms with Crippen molar-refractivity contribution in [3.63, 3.8) is 0 Å². The Kier molecular flexibility index (Phi) is 10.5. The first-order chi connectivity index (χ1) is 19.5. The lowest BCUT2D eigenvalue weighted by atomic mass is 9.80. The summed E-state index contributed by atoms with van der Waals surface area (Å²) in [5.74, 6) is -1.31. The van der Waals surface area contributed by atoms with Crippen LogP contribution in [0.4, 0.5) is 0 Å². The Morgan fingerprint density at radius 1 is 1.00 bits per heavy atom. The summed E-state index contributed by atoms with van der Waals surface area (Å²) >= 11 is 0. The highest BCUT2D eigenvalue weighted by molar-refractivity contribution is 5.98. The highest BCUT2D eigenvalue weighted by Crippen LogP contribution is 2.31. The van der Waals surface area contributed by atoms with Gasteiger partial charge in [0, 0.05) is 24.8 Å². The van der Waals surface area contributed by atoms with Crippen molar-refractivity contribution >= 4 is 11.9 Å². The van der Waals surface area contributed by atoms with Crippen LogP contribution in [-0.2, 0) is 27.1 Å². The van der Waals surface area contributed by atoms with Gasteiger partial charge in [-0.2, -0.15) is 0 Å². The molecule has 3 aromatic rings. The molecular weight excluding hydrogens is 508 g/mol. The summed E-state index contributed by atoms with van der Waals surface area (Å²) in [4.78, 5) is 30.1. The minimum atomic E-state index is -1.04. The molecule has 0 saturated carbocycles. The molecule has 4 rings (SSSR count). The molecule has 1 fully saturated rings. The lowest BCUT2D eigenvalue weighted by Crippen LogP contribution is -2.46. The minimum Gasteiger partial charge on any atom is -0.503 e. The zero-order chi connectivity index (χ0) is 28.3. The van der Waals surface area contributed by atoms with Gasteiger partial charge in [0.25, 0.3) is 5.91 Å². The van der Waals surface area contributed by atoms with Crippen LogP contribution in [0.1, 0.15) is 47.8 Å². The molecule has 2 N–H and O–H groups in total. The number of benzene rings is 2. The molecule has 0 spiro atoms. The molecule has 1 aromatic heterocycles. The quantitative estimate of drug-likeness (QED) is 0.354. The second-order valence-corrected chi connectivity index (χ2v) is 10.2. The van der Waals surface area contributed by atoms with E-state index in [1.807, 2.05) is 31.2 Å². The first kappa shape index (κ1) is 29.1. The highest BCUT2D eigenvalue weighted by atomic mass is 16.6. The van der Waals surface area contributed by atoms with Crippen LogP contribution in [0.5, 0.6) is 11.5 Å². The average molecular weight is 547 g/mol. The van der Waals surface area contributed by atoms with Gasteiger partial charge >= 0.3 is 5.97 Å². The van der Waals surface area contributed by atoms with Crippen LogP contribution in [-0.4, -0.2) is 54.4 Å². The number of aryl methyl sites for hydroxylation is 2. The van der Waals surface area contributed by atoms with Crippen molar-refractivity contribution in [3.8, 4) is 11.5 Å². The number of hydrogen-bond donors (Lipinski definition) is 2. The topological polar surface area (TPSA) is 107 Å².